The second-order valence-corrected chi connectivity index (χ2v) is 8.75. The normalized spacial score (nSPS) is 44.4. The fraction of sp³-hybridized carbons (Fsp3) is 0.478. The Labute approximate surface area is 143 Å². The minimum absolute atomic E-state index is 0.423. The molecule has 4 aliphatic carbocycles. The number of rotatable bonds is 2. The fourth-order valence-corrected chi connectivity index (χ4v) is 7.03. The quantitative estimate of drug-likeness (QED) is 0.528. The molecule has 1 nitrogen and oxygen atoms in total. The molecule has 1 heteroatoms. The van der Waals surface area contributed by atoms with Gasteiger partial charge >= 0.3 is 0 Å². The molecule has 0 aromatic heterocycles. The van der Waals surface area contributed by atoms with Crippen molar-refractivity contribution in [2.24, 2.45) is 35.0 Å². The lowest BCUT2D eigenvalue weighted by molar-refractivity contribution is 0.0129. The summed E-state index contributed by atoms with van der Waals surface area (Å²) in [6.45, 7) is 2.59. The van der Waals surface area contributed by atoms with Gasteiger partial charge in [-0.25, -0.2) is 0 Å². The maximum atomic E-state index is 6.66. The van der Waals surface area contributed by atoms with Gasteiger partial charge in [-0.05, 0) is 59.8 Å². The van der Waals surface area contributed by atoms with Gasteiger partial charge in [-0.1, -0.05) is 55.5 Å². The van der Waals surface area contributed by atoms with Crippen LogP contribution in [0.15, 0.2) is 54.6 Å². The first-order valence-corrected chi connectivity index (χ1v) is 9.58. The van der Waals surface area contributed by atoms with Crippen molar-refractivity contribution >= 4 is 10.8 Å². The van der Waals surface area contributed by atoms with E-state index in [4.69, 9.17) is 4.74 Å². The number of hydrogen-bond acceptors (Lipinski definition) is 1. The molecule has 0 heterocycles. The van der Waals surface area contributed by atoms with Crippen molar-refractivity contribution in [3.8, 4) is 5.75 Å². The smallest absolute Gasteiger partial charge is 0.127 e. The number of fused-ring (bicyclic) bond motifs is 10. The summed E-state index contributed by atoms with van der Waals surface area (Å²) in [5.41, 5.74) is 0.572. The summed E-state index contributed by atoms with van der Waals surface area (Å²) in [6.07, 6.45) is 9.54. The largest absolute Gasteiger partial charge is 0.489 e. The topological polar surface area (TPSA) is 9.23 Å². The molecule has 7 atom stereocenters. The van der Waals surface area contributed by atoms with E-state index in [9.17, 15) is 0 Å². The average molecular weight is 316 g/mol. The Morgan fingerprint density at radius 3 is 2.79 bits per heavy atom. The van der Waals surface area contributed by atoms with Gasteiger partial charge in [0.2, 0.25) is 0 Å². The van der Waals surface area contributed by atoms with Gasteiger partial charge in [0.25, 0.3) is 0 Å². The summed E-state index contributed by atoms with van der Waals surface area (Å²) >= 11 is 0. The molecule has 4 bridgehead atoms. The van der Waals surface area contributed by atoms with Gasteiger partial charge in [0.05, 0.1) is 0 Å². The van der Waals surface area contributed by atoms with Gasteiger partial charge in [0.1, 0.15) is 11.9 Å². The molecule has 2 aromatic carbocycles. The van der Waals surface area contributed by atoms with Crippen LogP contribution in [-0.4, -0.2) is 6.10 Å². The number of hydrogen-bond donors (Lipinski definition) is 0. The highest BCUT2D eigenvalue weighted by Gasteiger charge is 2.68. The van der Waals surface area contributed by atoms with Crippen molar-refractivity contribution in [1.82, 2.24) is 0 Å². The van der Waals surface area contributed by atoms with Crippen LogP contribution in [0.4, 0.5) is 0 Å². The van der Waals surface area contributed by atoms with E-state index >= 15 is 0 Å². The molecule has 0 spiro atoms. The van der Waals surface area contributed by atoms with E-state index in [1.807, 2.05) is 0 Å². The second kappa shape index (κ2) is 4.45. The van der Waals surface area contributed by atoms with Crippen molar-refractivity contribution in [2.45, 2.75) is 32.3 Å². The highest BCUT2D eigenvalue weighted by atomic mass is 16.5. The van der Waals surface area contributed by atoms with Crippen LogP contribution in [-0.2, 0) is 0 Å². The summed E-state index contributed by atoms with van der Waals surface area (Å²) < 4.78 is 6.66. The molecular weight excluding hydrogens is 292 g/mol. The number of ether oxygens (including phenoxy) is 1. The molecule has 3 saturated carbocycles. The highest BCUT2D eigenvalue weighted by molar-refractivity contribution is 5.88. The minimum atomic E-state index is 0.423. The molecule has 2 aromatic rings. The van der Waals surface area contributed by atoms with Crippen LogP contribution in [0.3, 0.4) is 0 Å². The SMILES string of the molecule is CC12C3C=CC(C3)C1C1CC2CC1Oc1cccc2ccccc12. The zero-order chi connectivity index (χ0) is 15.9. The molecule has 24 heavy (non-hydrogen) atoms. The third-order valence-corrected chi connectivity index (χ3v) is 8.02. The van der Waals surface area contributed by atoms with Crippen LogP contribution in [0, 0.1) is 35.0 Å². The Kier molecular flexibility index (Phi) is 2.50. The number of allylic oxidation sites excluding steroid dienone is 2. The van der Waals surface area contributed by atoms with Crippen LogP contribution in [0.25, 0.3) is 10.8 Å². The molecular formula is C23H24O. The van der Waals surface area contributed by atoms with Crippen molar-refractivity contribution < 1.29 is 4.74 Å². The molecule has 0 aliphatic heterocycles. The van der Waals surface area contributed by atoms with Gasteiger partial charge in [0.15, 0.2) is 0 Å². The van der Waals surface area contributed by atoms with Crippen LogP contribution >= 0.6 is 0 Å². The van der Waals surface area contributed by atoms with Gasteiger partial charge in [-0.3, -0.25) is 0 Å². The van der Waals surface area contributed by atoms with Crippen LogP contribution in [0.1, 0.15) is 26.2 Å². The maximum absolute atomic E-state index is 6.66. The van der Waals surface area contributed by atoms with Gasteiger partial charge in [-0.15, -0.1) is 0 Å². The Balaban J connectivity index is 1.35. The Bertz CT molecular complexity index is 847. The molecule has 0 N–H and O–H groups in total. The van der Waals surface area contributed by atoms with E-state index < -0.39 is 0 Å². The van der Waals surface area contributed by atoms with E-state index in [0.717, 1.165) is 35.3 Å². The first kappa shape index (κ1) is 13.5. The zero-order valence-corrected chi connectivity index (χ0v) is 14.2. The lowest BCUT2D eigenvalue weighted by Gasteiger charge is -2.45. The van der Waals surface area contributed by atoms with Crippen molar-refractivity contribution in [1.29, 1.82) is 0 Å². The molecule has 4 aliphatic rings. The standard InChI is InChI=1S/C23H24O/c1-23-16-10-9-15(11-16)22(23)19-12-17(23)13-21(19)24-20-8-4-6-14-5-2-3-7-18(14)20/h2-10,15-17,19,21-22H,11-13H2,1H3. The molecule has 0 radical (unpaired) electrons. The summed E-state index contributed by atoms with van der Waals surface area (Å²) in [6, 6.07) is 15.1. The summed E-state index contributed by atoms with van der Waals surface area (Å²) in [5, 5.41) is 2.55. The average Bonchev–Trinajstić information content (AvgIpc) is 3.33. The summed E-state index contributed by atoms with van der Waals surface area (Å²) in [5.74, 6) is 5.26. The molecule has 0 saturated heterocycles. The third-order valence-electron chi connectivity index (χ3n) is 8.02. The Hall–Kier alpha value is -1.76. The van der Waals surface area contributed by atoms with Crippen molar-refractivity contribution in [2.75, 3.05) is 0 Å². The van der Waals surface area contributed by atoms with E-state index in [1.165, 1.54) is 30.0 Å². The van der Waals surface area contributed by atoms with E-state index in [-0.39, 0.29) is 0 Å². The minimum Gasteiger partial charge on any atom is -0.489 e. The van der Waals surface area contributed by atoms with Crippen molar-refractivity contribution in [3.05, 3.63) is 54.6 Å². The Morgan fingerprint density at radius 2 is 1.83 bits per heavy atom. The van der Waals surface area contributed by atoms with Crippen LogP contribution in [0.5, 0.6) is 5.75 Å². The van der Waals surface area contributed by atoms with Crippen molar-refractivity contribution in [3.63, 3.8) is 0 Å². The third kappa shape index (κ3) is 1.52. The molecule has 122 valence electrons. The monoisotopic (exact) mass is 316 g/mol. The predicted molar refractivity (Wildman–Crippen MR) is 96.9 cm³/mol. The highest BCUT2D eigenvalue weighted by Crippen LogP contribution is 2.72. The van der Waals surface area contributed by atoms with Gasteiger partial charge < -0.3 is 4.74 Å². The van der Waals surface area contributed by atoms with E-state index in [0.29, 0.717) is 11.5 Å². The molecule has 7 unspecified atom stereocenters. The molecule has 3 fully saturated rings. The molecule has 6 rings (SSSR count). The molecule has 0 amide bonds. The Morgan fingerprint density at radius 1 is 0.958 bits per heavy atom. The summed E-state index contributed by atoms with van der Waals surface area (Å²) in [7, 11) is 0. The predicted octanol–water partition coefficient (Wildman–Crippen LogP) is 5.46. The first-order chi connectivity index (χ1) is 11.7. The van der Waals surface area contributed by atoms with Crippen LogP contribution in [0.2, 0.25) is 0 Å². The lowest BCUT2D eigenvalue weighted by Crippen LogP contribution is -2.43. The first-order valence-electron chi connectivity index (χ1n) is 9.58. The van der Waals surface area contributed by atoms with Gasteiger partial charge in [0, 0.05) is 11.3 Å². The zero-order valence-electron chi connectivity index (χ0n) is 14.2. The summed E-state index contributed by atoms with van der Waals surface area (Å²) in [4.78, 5) is 0. The lowest BCUT2D eigenvalue weighted by atomic mass is 9.61. The van der Waals surface area contributed by atoms with Crippen LogP contribution < -0.4 is 4.74 Å². The second-order valence-electron chi connectivity index (χ2n) is 8.75. The number of benzene rings is 2. The van der Waals surface area contributed by atoms with E-state index in [1.54, 1.807) is 0 Å². The fourth-order valence-electron chi connectivity index (χ4n) is 7.03. The van der Waals surface area contributed by atoms with Gasteiger partial charge in [-0.2, -0.15) is 0 Å². The van der Waals surface area contributed by atoms with E-state index in [2.05, 4.69) is 61.5 Å². The maximum Gasteiger partial charge on any atom is 0.127 e.